The Balaban J connectivity index is 2.11. The highest BCUT2D eigenvalue weighted by Crippen LogP contribution is 2.14. The molecule has 0 saturated heterocycles. The van der Waals surface area contributed by atoms with Crippen molar-refractivity contribution in [1.29, 1.82) is 0 Å². The fourth-order valence-corrected chi connectivity index (χ4v) is 2.12. The zero-order chi connectivity index (χ0) is 16.0. The Hall–Kier alpha value is -1.10. The molecule has 1 aromatic carbocycles. The van der Waals surface area contributed by atoms with Crippen LogP contribution in [0.5, 0.6) is 5.75 Å². The Kier molecular flexibility index (Phi) is 10.7. The van der Waals surface area contributed by atoms with Crippen LogP contribution in [0.2, 0.25) is 0 Å². The van der Waals surface area contributed by atoms with E-state index in [-0.39, 0.29) is 13.2 Å². The average Bonchev–Trinajstić information content (AvgIpc) is 2.55. The summed E-state index contributed by atoms with van der Waals surface area (Å²) < 4.78 is 11.0. The summed E-state index contributed by atoms with van der Waals surface area (Å²) in [5.41, 5.74) is 1.03. The zero-order valence-electron chi connectivity index (χ0n) is 13.7. The summed E-state index contributed by atoms with van der Waals surface area (Å²) in [5, 5.41) is 17.9. The second-order valence-corrected chi connectivity index (χ2v) is 5.61. The number of aliphatic hydroxyl groups excluding tert-OH is 2. The zero-order valence-corrected chi connectivity index (χ0v) is 13.7. The third kappa shape index (κ3) is 9.03. The van der Waals surface area contributed by atoms with Crippen molar-refractivity contribution >= 4 is 0 Å². The van der Waals surface area contributed by atoms with Crippen LogP contribution in [0.3, 0.4) is 0 Å². The highest BCUT2D eigenvalue weighted by molar-refractivity contribution is 5.26. The van der Waals surface area contributed by atoms with Gasteiger partial charge in [-0.05, 0) is 24.1 Å². The summed E-state index contributed by atoms with van der Waals surface area (Å²) in [4.78, 5) is 0. The van der Waals surface area contributed by atoms with Crippen LogP contribution in [0.15, 0.2) is 24.3 Å². The number of hydrogen-bond acceptors (Lipinski definition) is 4. The van der Waals surface area contributed by atoms with E-state index in [0.29, 0.717) is 6.61 Å². The largest absolute Gasteiger partial charge is 0.494 e. The summed E-state index contributed by atoms with van der Waals surface area (Å²) in [7, 11) is 0. The van der Waals surface area contributed by atoms with Crippen LogP contribution in [-0.4, -0.2) is 36.1 Å². The van der Waals surface area contributed by atoms with E-state index >= 15 is 0 Å². The molecule has 4 heteroatoms. The maximum Gasteiger partial charge on any atom is 0.119 e. The SMILES string of the molecule is CCCCCCCCOc1ccc(COCC(O)CO)cc1. The quantitative estimate of drug-likeness (QED) is 0.549. The van der Waals surface area contributed by atoms with Crippen molar-refractivity contribution in [2.45, 2.75) is 58.2 Å². The third-order valence-corrected chi connectivity index (χ3v) is 3.48. The highest BCUT2D eigenvalue weighted by Gasteiger charge is 2.02. The van der Waals surface area contributed by atoms with Gasteiger partial charge in [-0.1, -0.05) is 51.2 Å². The van der Waals surface area contributed by atoms with E-state index in [1.807, 2.05) is 24.3 Å². The van der Waals surface area contributed by atoms with E-state index in [0.717, 1.165) is 24.3 Å². The van der Waals surface area contributed by atoms with Gasteiger partial charge in [0.1, 0.15) is 11.9 Å². The molecule has 0 amide bonds. The number of hydrogen-bond donors (Lipinski definition) is 2. The van der Waals surface area contributed by atoms with Gasteiger partial charge in [0.25, 0.3) is 0 Å². The summed E-state index contributed by atoms with van der Waals surface area (Å²) in [6.07, 6.45) is 6.78. The fourth-order valence-electron chi connectivity index (χ4n) is 2.12. The van der Waals surface area contributed by atoms with Crippen molar-refractivity contribution < 1.29 is 19.7 Å². The Labute approximate surface area is 134 Å². The van der Waals surface area contributed by atoms with Gasteiger partial charge < -0.3 is 19.7 Å². The molecule has 0 spiro atoms. The Morgan fingerprint density at radius 2 is 1.68 bits per heavy atom. The maximum absolute atomic E-state index is 9.17. The van der Waals surface area contributed by atoms with Crippen LogP contribution >= 0.6 is 0 Å². The van der Waals surface area contributed by atoms with E-state index in [2.05, 4.69) is 6.92 Å². The molecule has 1 atom stereocenters. The molecule has 1 unspecified atom stereocenters. The summed E-state index contributed by atoms with van der Waals surface area (Å²) in [6.45, 7) is 3.30. The molecule has 4 nitrogen and oxygen atoms in total. The molecule has 0 heterocycles. The van der Waals surface area contributed by atoms with Crippen LogP contribution in [0.1, 0.15) is 51.0 Å². The van der Waals surface area contributed by atoms with Gasteiger partial charge in [-0.3, -0.25) is 0 Å². The first-order valence-corrected chi connectivity index (χ1v) is 8.34. The second kappa shape index (κ2) is 12.4. The smallest absolute Gasteiger partial charge is 0.119 e. The number of ether oxygens (including phenoxy) is 2. The molecule has 2 N–H and O–H groups in total. The van der Waals surface area contributed by atoms with Crippen LogP contribution in [-0.2, 0) is 11.3 Å². The number of benzene rings is 1. The lowest BCUT2D eigenvalue weighted by Crippen LogP contribution is -2.19. The molecule has 0 aliphatic carbocycles. The van der Waals surface area contributed by atoms with Crippen molar-refractivity contribution in [1.82, 2.24) is 0 Å². The standard InChI is InChI=1S/C18H30O4/c1-2-3-4-5-6-7-12-22-18-10-8-16(9-11-18)14-21-15-17(20)13-19/h8-11,17,19-20H,2-7,12-15H2,1H3. The van der Waals surface area contributed by atoms with Crippen molar-refractivity contribution in [3.05, 3.63) is 29.8 Å². The van der Waals surface area contributed by atoms with E-state index in [1.165, 1.54) is 32.1 Å². The van der Waals surface area contributed by atoms with Crippen LogP contribution in [0, 0.1) is 0 Å². The summed E-state index contributed by atoms with van der Waals surface area (Å²) in [5.74, 6) is 0.882. The molecule has 0 saturated carbocycles. The van der Waals surface area contributed by atoms with Crippen molar-refractivity contribution in [2.24, 2.45) is 0 Å². The van der Waals surface area contributed by atoms with E-state index in [1.54, 1.807) is 0 Å². The van der Waals surface area contributed by atoms with E-state index in [9.17, 15) is 5.11 Å². The minimum Gasteiger partial charge on any atom is -0.494 e. The van der Waals surface area contributed by atoms with Crippen LogP contribution in [0.4, 0.5) is 0 Å². The molecule has 0 radical (unpaired) electrons. The average molecular weight is 310 g/mol. The molecule has 0 aromatic heterocycles. The normalized spacial score (nSPS) is 12.3. The van der Waals surface area contributed by atoms with Crippen LogP contribution in [0.25, 0.3) is 0 Å². The predicted octanol–water partition coefficient (Wildman–Crippen LogP) is 3.30. The molecule has 0 aliphatic rings. The first-order valence-electron chi connectivity index (χ1n) is 8.34. The van der Waals surface area contributed by atoms with Crippen LogP contribution < -0.4 is 4.74 Å². The Morgan fingerprint density at radius 1 is 1.00 bits per heavy atom. The van der Waals surface area contributed by atoms with Gasteiger partial charge in [-0.2, -0.15) is 0 Å². The summed E-state index contributed by atoms with van der Waals surface area (Å²) in [6, 6.07) is 7.81. The molecule has 126 valence electrons. The van der Waals surface area contributed by atoms with Gasteiger partial charge in [0.15, 0.2) is 0 Å². The molecule has 1 aromatic rings. The van der Waals surface area contributed by atoms with E-state index in [4.69, 9.17) is 14.6 Å². The Morgan fingerprint density at radius 3 is 2.36 bits per heavy atom. The van der Waals surface area contributed by atoms with Gasteiger partial charge in [0.05, 0.1) is 26.4 Å². The molecular formula is C18H30O4. The maximum atomic E-state index is 9.17. The monoisotopic (exact) mass is 310 g/mol. The van der Waals surface area contributed by atoms with E-state index < -0.39 is 6.10 Å². The highest BCUT2D eigenvalue weighted by atomic mass is 16.5. The third-order valence-electron chi connectivity index (χ3n) is 3.48. The second-order valence-electron chi connectivity index (χ2n) is 5.61. The van der Waals surface area contributed by atoms with Crippen molar-refractivity contribution in [3.63, 3.8) is 0 Å². The molecule has 0 bridgehead atoms. The molecule has 0 fully saturated rings. The topological polar surface area (TPSA) is 58.9 Å². The molecule has 0 aliphatic heterocycles. The predicted molar refractivity (Wildman–Crippen MR) is 88.1 cm³/mol. The Bertz CT molecular complexity index is 364. The molecular weight excluding hydrogens is 280 g/mol. The fraction of sp³-hybridized carbons (Fsp3) is 0.667. The van der Waals surface area contributed by atoms with Crippen molar-refractivity contribution in [2.75, 3.05) is 19.8 Å². The van der Waals surface area contributed by atoms with Gasteiger partial charge in [0.2, 0.25) is 0 Å². The number of rotatable bonds is 13. The lowest BCUT2D eigenvalue weighted by Gasteiger charge is -2.09. The van der Waals surface area contributed by atoms with Gasteiger partial charge in [-0.25, -0.2) is 0 Å². The van der Waals surface area contributed by atoms with Gasteiger partial charge in [0, 0.05) is 0 Å². The first-order chi connectivity index (χ1) is 10.8. The molecule has 22 heavy (non-hydrogen) atoms. The lowest BCUT2D eigenvalue weighted by atomic mass is 10.1. The molecule has 1 rings (SSSR count). The van der Waals surface area contributed by atoms with Crippen molar-refractivity contribution in [3.8, 4) is 5.75 Å². The van der Waals surface area contributed by atoms with Gasteiger partial charge >= 0.3 is 0 Å². The number of unbranched alkanes of at least 4 members (excludes halogenated alkanes) is 5. The minimum atomic E-state index is -0.806. The summed E-state index contributed by atoms with van der Waals surface area (Å²) >= 11 is 0. The lowest BCUT2D eigenvalue weighted by molar-refractivity contribution is 0.0000155. The first kappa shape index (κ1) is 18.9. The number of aliphatic hydroxyl groups is 2. The minimum absolute atomic E-state index is 0.146. The van der Waals surface area contributed by atoms with Gasteiger partial charge in [-0.15, -0.1) is 0 Å².